The highest BCUT2D eigenvalue weighted by Crippen LogP contribution is 2.11. The van der Waals surface area contributed by atoms with Crippen LogP contribution in [0.1, 0.15) is 21.7 Å². The van der Waals surface area contributed by atoms with Gasteiger partial charge in [-0.3, -0.25) is 4.57 Å². The number of aromatic nitrogens is 2. The van der Waals surface area contributed by atoms with Crippen molar-refractivity contribution in [3.05, 3.63) is 52.1 Å². The third-order valence-corrected chi connectivity index (χ3v) is 2.27. The maximum Gasteiger partial charge on any atom is 0.347 e. The molecule has 0 unspecified atom stereocenters. The average Bonchev–Trinajstić information content (AvgIpc) is 2.71. The fourth-order valence-corrected chi connectivity index (χ4v) is 1.49. The number of carboxylic acids is 1. The fraction of sp³-hybridized carbons (Fsp3) is 0.182. The molecule has 6 heteroatoms. The van der Waals surface area contributed by atoms with Crippen LogP contribution in [0, 0.1) is 6.92 Å². The van der Waals surface area contributed by atoms with E-state index in [1.54, 1.807) is 13.1 Å². The lowest BCUT2D eigenvalue weighted by atomic mass is 10.2. The number of furan rings is 1. The Bertz CT molecular complexity index is 612. The molecule has 2 heterocycles. The molecule has 0 aliphatic heterocycles. The van der Waals surface area contributed by atoms with E-state index in [-0.39, 0.29) is 17.9 Å². The molecule has 88 valence electrons. The van der Waals surface area contributed by atoms with E-state index in [1.165, 1.54) is 23.1 Å². The van der Waals surface area contributed by atoms with Crippen molar-refractivity contribution in [2.45, 2.75) is 13.5 Å². The molecule has 2 aromatic heterocycles. The molecule has 0 aliphatic carbocycles. The summed E-state index contributed by atoms with van der Waals surface area (Å²) >= 11 is 0. The van der Waals surface area contributed by atoms with E-state index in [9.17, 15) is 9.59 Å². The number of carboxylic acid groups (broad SMARTS) is 1. The maximum absolute atomic E-state index is 11.4. The zero-order valence-electron chi connectivity index (χ0n) is 9.08. The maximum atomic E-state index is 11.4. The summed E-state index contributed by atoms with van der Waals surface area (Å²) in [6, 6.07) is 1.35. The summed E-state index contributed by atoms with van der Waals surface area (Å²) in [4.78, 5) is 26.0. The van der Waals surface area contributed by atoms with Crippen LogP contribution in [0.15, 0.2) is 33.9 Å². The van der Waals surface area contributed by atoms with Gasteiger partial charge in [-0.05, 0) is 18.6 Å². The second kappa shape index (κ2) is 4.25. The standard InChI is InChI=1S/C11H10N2O4/c1-7-4-12-11(16)13(5-7)6-9-8(10(14)15)2-3-17-9/h2-5H,6H2,1H3,(H,14,15). The third-order valence-electron chi connectivity index (χ3n) is 2.27. The van der Waals surface area contributed by atoms with Gasteiger partial charge in [0.2, 0.25) is 0 Å². The first-order chi connectivity index (χ1) is 8.08. The van der Waals surface area contributed by atoms with E-state index >= 15 is 0 Å². The summed E-state index contributed by atoms with van der Waals surface area (Å²) in [6.45, 7) is 1.85. The summed E-state index contributed by atoms with van der Waals surface area (Å²) in [5.41, 5.74) is 0.426. The molecule has 0 saturated carbocycles. The molecule has 0 spiro atoms. The van der Waals surface area contributed by atoms with Gasteiger partial charge in [0.15, 0.2) is 0 Å². The molecule has 1 N–H and O–H groups in total. The minimum atomic E-state index is -1.08. The van der Waals surface area contributed by atoms with E-state index in [0.717, 1.165) is 5.56 Å². The van der Waals surface area contributed by atoms with Crippen molar-refractivity contribution in [3.8, 4) is 0 Å². The van der Waals surface area contributed by atoms with Gasteiger partial charge < -0.3 is 9.52 Å². The predicted octanol–water partition coefficient (Wildman–Crippen LogP) is 0.891. The minimum Gasteiger partial charge on any atom is -0.478 e. The van der Waals surface area contributed by atoms with Gasteiger partial charge in [-0.25, -0.2) is 14.6 Å². The molecule has 2 aromatic rings. The van der Waals surface area contributed by atoms with Crippen LogP contribution in [0.5, 0.6) is 0 Å². The Balaban J connectivity index is 2.38. The summed E-state index contributed by atoms with van der Waals surface area (Å²) < 4.78 is 6.36. The van der Waals surface area contributed by atoms with Crippen LogP contribution in [0.2, 0.25) is 0 Å². The van der Waals surface area contributed by atoms with Gasteiger partial charge >= 0.3 is 11.7 Å². The van der Waals surface area contributed by atoms with Crippen molar-refractivity contribution in [1.82, 2.24) is 9.55 Å². The largest absolute Gasteiger partial charge is 0.478 e. The lowest BCUT2D eigenvalue weighted by molar-refractivity contribution is 0.0694. The SMILES string of the molecule is Cc1cnc(=O)n(Cc2occc2C(=O)O)c1. The Morgan fingerprint density at radius 2 is 2.35 bits per heavy atom. The Hall–Kier alpha value is -2.37. The average molecular weight is 234 g/mol. The van der Waals surface area contributed by atoms with Gasteiger partial charge in [0.05, 0.1) is 12.8 Å². The third kappa shape index (κ3) is 2.25. The highest BCUT2D eigenvalue weighted by molar-refractivity contribution is 5.88. The summed E-state index contributed by atoms with van der Waals surface area (Å²) in [5.74, 6) is -0.852. The van der Waals surface area contributed by atoms with Gasteiger partial charge in [-0.2, -0.15) is 0 Å². The number of carbonyl (C=O) groups is 1. The zero-order valence-corrected chi connectivity index (χ0v) is 9.08. The molecule has 0 bridgehead atoms. The number of hydrogen-bond acceptors (Lipinski definition) is 4. The second-order valence-corrected chi connectivity index (χ2v) is 3.60. The van der Waals surface area contributed by atoms with Crippen molar-refractivity contribution in [3.63, 3.8) is 0 Å². The van der Waals surface area contributed by atoms with Gasteiger partial charge in [0.1, 0.15) is 11.3 Å². The van der Waals surface area contributed by atoms with Crippen LogP contribution in [0.25, 0.3) is 0 Å². The number of aromatic carboxylic acids is 1. The number of rotatable bonds is 3. The molecule has 2 rings (SSSR count). The molecular weight excluding hydrogens is 224 g/mol. The predicted molar refractivity (Wildman–Crippen MR) is 58.0 cm³/mol. The highest BCUT2D eigenvalue weighted by atomic mass is 16.4. The molecule has 0 atom stereocenters. The van der Waals surface area contributed by atoms with Crippen LogP contribution in [-0.2, 0) is 6.54 Å². The Morgan fingerprint density at radius 1 is 1.59 bits per heavy atom. The van der Waals surface area contributed by atoms with Crippen LogP contribution in [-0.4, -0.2) is 20.6 Å². The van der Waals surface area contributed by atoms with Crippen LogP contribution in [0.3, 0.4) is 0 Å². The van der Waals surface area contributed by atoms with Crippen molar-refractivity contribution < 1.29 is 14.3 Å². The van der Waals surface area contributed by atoms with Crippen molar-refractivity contribution in [2.24, 2.45) is 0 Å². The molecule has 0 saturated heterocycles. The Kier molecular flexibility index (Phi) is 2.78. The molecule has 6 nitrogen and oxygen atoms in total. The Labute approximate surface area is 96.1 Å². The van der Waals surface area contributed by atoms with Crippen LogP contribution >= 0.6 is 0 Å². The van der Waals surface area contributed by atoms with E-state index in [0.29, 0.717) is 0 Å². The van der Waals surface area contributed by atoms with Gasteiger partial charge in [0, 0.05) is 12.4 Å². The molecule has 0 aliphatic rings. The molecular formula is C11H10N2O4. The molecule has 0 radical (unpaired) electrons. The lowest BCUT2D eigenvalue weighted by Crippen LogP contribution is -2.23. The lowest BCUT2D eigenvalue weighted by Gasteiger charge is -2.04. The van der Waals surface area contributed by atoms with Crippen LogP contribution in [0.4, 0.5) is 0 Å². The van der Waals surface area contributed by atoms with Gasteiger partial charge in [-0.15, -0.1) is 0 Å². The van der Waals surface area contributed by atoms with Crippen LogP contribution < -0.4 is 5.69 Å². The van der Waals surface area contributed by atoms with Crippen molar-refractivity contribution in [2.75, 3.05) is 0 Å². The minimum absolute atomic E-state index is 0.0541. The number of hydrogen-bond donors (Lipinski definition) is 1. The summed E-state index contributed by atoms with van der Waals surface area (Å²) in [5, 5.41) is 8.89. The van der Waals surface area contributed by atoms with E-state index < -0.39 is 11.7 Å². The van der Waals surface area contributed by atoms with E-state index in [1.807, 2.05) is 0 Å². The molecule has 0 amide bonds. The smallest absolute Gasteiger partial charge is 0.347 e. The number of nitrogens with zero attached hydrogens (tertiary/aromatic N) is 2. The normalized spacial score (nSPS) is 10.4. The van der Waals surface area contributed by atoms with E-state index in [4.69, 9.17) is 9.52 Å². The second-order valence-electron chi connectivity index (χ2n) is 3.60. The highest BCUT2D eigenvalue weighted by Gasteiger charge is 2.14. The van der Waals surface area contributed by atoms with Gasteiger partial charge in [0.25, 0.3) is 0 Å². The van der Waals surface area contributed by atoms with Gasteiger partial charge in [-0.1, -0.05) is 0 Å². The molecule has 0 fully saturated rings. The monoisotopic (exact) mass is 234 g/mol. The first-order valence-corrected chi connectivity index (χ1v) is 4.90. The summed E-state index contributed by atoms with van der Waals surface area (Å²) in [7, 11) is 0. The summed E-state index contributed by atoms with van der Waals surface area (Å²) in [6.07, 6.45) is 4.34. The first kappa shape index (κ1) is 11.1. The fourth-order valence-electron chi connectivity index (χ4n) is 1.49. The molecule has 17 heavy (non-hydrogen) atoms. The van der Waals surface area contributed by atoms with Crippen molar-refractivity contribution >= 4 is 5.97 Å². The topological polar surface area (TPSA) is 85.3 Å². The molecule has 0 aromatic carbocycles. The van der Waals surface area contributed by atoms with E-state index in [2.05, 4.69) is 4.98 Å². The Morgan fingerprint density at radius 3 is 3.06 bits per heavy atom. The quantitative estimate of drug-likeness (QED) is 0.852. The van der Waals surface area contributed by atoms with Crippen molar-refractivity contribution in [1.29, 1.82) is 0 Å². The number of aryl methyl sites for hydroxylation is 1. The zero-order chi connectivity index (χ0) is 12.4. The first-order valence-electron chi connectivity index (χ1n) is 4.90.